The minimum atomic E-state index is -0.659. The number of likely N-dealkylation sites (tertiary alicyclic amines) is 1. The second-order valence-corrected chi connectivity index (χ2v) is 10.5. The fourth-order valence-electron chi connectivity index (χ4n) is 5.20. The number of imide groups is 1. The predicted molar refractivity (Wildman–Crippen MR) is 131 cm³/mol. The molecule has 4 rings (SSSR count). The largest absolute Gasteiger partial charge is 0.352 e. The lowest BCUT2D eigenvalue weighted by Gasteiger charge is -2.30. The Hall–Kier alpha value is -2.48. The lowest BCUT2D eigenvalue weighted by molar-refractivity contribution is -0.144. The van der Waals surface area contributed by atoms with E-state index in [0.717, 1.165) is 35.7 Å². The van der Waals surface area contributed by atoms with Gasteiger partial charge < -0.3 is 10.2 Å². The molecule has 0 radical (unpaired) electrons. The van der Waals surface area contributed by atoms with Gasteiger partial charge in [-0.15, -0.1) is 0 Å². The maximum absolute atomic E-state index is 13.4. The third-order valence-corrected chi connectivity index (χ3v) is 7.81. The van der Waals surface area contributed by atoms with Gasteiger partial charge in [-0.25, -0.2) is 0 Å². The molecule has 1 saturated carbocycles. The minimum Gasteiger partial charge on any atom is -0.352 e. The molecular formula is C26H32BrN3O4. The molecule has 1 aromatic carbocycles. The van der Waals surface area contributed by atoms with E-state index in [4.69, 9.17) is 0 Å². The number of nitrogens with one attached hydrogen (secondary N) is 1. The van der Waals surface area contributed by atoms with E-state index >= 15 is 0 Å². The molecule has 3 atom stereocenters. The second kappa shape index (κ2) is 10.8. The van der Waals surface area contributed by atoms with Gasteiger partial charge in [0.25, 0.3) is 0 Å². The molecule has 2 fully saturated rings. The van der Waals surface area contributed by atoms with Crippen molar-refractivity contribution >= 4 is 39.6 Å². The lowest BCUT2D eigenvalue weighted by Crippen LogP contribution is -2.50. The fraction of sp³-hybridized carbons (Fsp3) is 0.538. The first-order chi connectivity index (χ1) is 16.3. The van der Waals surface area contributed by atoms with Gasteiger partial charge in [0.15, 0.2) is 0 Å². The topological polar surface area (TPSA) is 86.8 Å². The zero-order valence-corrected chi connectivity index (χ0v) is 21.1. The molecule has 3 aliphatic rings. The van der Waals surface area contributed by atoms with E-state index in [1.807, 2.05) is 36.4 Å². The summed E-state index contributed by atoms with van der Waals surface area (Å²) in [5.74, 6) is -1.38. The first-order valence-corrected chi connectivity index (χ1v) is 13.0. The molecular weight excluding hydrogens is 498 g/mol. The Kier molecular flexibility index (Phi) is 7.86. The van der Waals surface area contributed by atoms with Crippen molar-refractivity contribution in [2.75, 3.05) is 6.54 Å². The van der Waals surface area contributed by atoms with E-state index < -0.39 is 6.04 Å². The average molecular weight is 530 g/mol. The number of nitrogens with zero attached hydrogens (tertiary/aromatic N) is 2. The highest BCUT2D eigenvalue weighted by Crippen LogP contribution is 2.35. The van der Waals surface area contributed by atoms with E-state index in [9.17, 15) is 19.2 Å². The van der Waals surface area contributed by atoms with Crippen LogP contribution in [-0.2, 0) is 25.7 Å². The maximum atomic E-state index is 13.4. The summed E-state index contributed by atoms with van der Waals surface area (Å²) >= 11 is 3.42. The highest BCUT2D eigenvalue weighted by molar-refractivity contribution is 9.10. The van der Waals surface area contributed by atoms with Crippen molar-refractivity contribution in [2.24, 2.45) is 11.8 Å². The Morgan fingerprint density at radius 1 is 1.06 bits per heavy atom. The highest BCUT2D eigenvalue weighted by Gasteiger charge is 2.47. The van der Waals surface area contributed by atoms with Crippen molar-refractivity contribution in [1.82, 2.24) is 15.1 Å². The first kappa shape index (κ1) is 24.6. The minimum absolute atomic E-state index is 0.00191. The normalized spacial score (nSPS) is 23.2. The van der Waals surface area contributed by atoms with Crippen LogP contribution in [0.15, 0.2) is 40.9 Å². The Labute approximate surface area is 209 Å². The predicted octanol–water partition coefficient (Wildman–Crippen LogP) is 3.57. The zero-order valence-electron chi connectivity index (χ0n) is 19.5. The molecule has 182 valence electrons. The van der Waals surface area contributed by atoms with Gasteiger partial charge in [0.05, 0.1) is 11.8 Å². The van der Waals surface area contributed by atoms with Crippen LogP contribution in [-0.4, -0.2) is 52.1 Å². The number of hydrogen-bond donors (Lipinski definition) is 1. The Bertz CT molecular complexity index is 945. The molecule has 1 aliphatic heterocycles. The standard InChI is InChI=1S/C26H32BrN3O4/c1-17(24(32)28-20-6-2-3-7-20)30(16-18-10-12-19(27)13-11-18)23(31)14-15-29-25(33)21-8-4-5-9-22(21)26(29)34/h4-5,10-13,17,20-22H,2-3,6-9,14-16H2,1H3,(H,28,32)/t17-,21-,22+/m1/s1. The molecule has 0 spiro atoms. The van der Waals surface area contributed by atoms with Crippen molar-refractivity contribution in [2.45, 2.75) is 70.5 Å². The monoisotopic (exact) mass is 529 g/mol. The molecule has 1 N–H and O–H groups in total. The van der Waals surface area contributed by atoms with Gasteiger partial charge in [0, 0.05) is 30.0 Å². The Morgan fingerprint density at radius 3 is 2.24 bits per heavy atom. The van der Waals surface area contributed by atoms with Crippen LogP contribution < -0.4 is 5.32 Å². The number of carbonyl (C=O) groups is 4. The van der Waals surface area contributed by atoms with Crippen molar-refractivity contribution in [3.05, 3.63) is 46.5 Å². The van der Waals surface area contributed by atoms with Crippen LogP contribution in [0.1, 0.15) is 57.4 Å². The number of halogens is 1. The van der Waals surface area contributed by atoms with Crippen molar-refractivity contribution < 1.29 is 19.2 Å². The van der Waals surface area contributed by atoms with Crippen molar-refractivity contribution in [1.29, 1.82) is 0 Å². The summed E-state index contributed by atoms with van der Waals surface area (Å²) in [5.41, 5.74) is 0.905. The summed E-state index contributed by atoms with van der Waals surface area (Å²) in [7, 11) is 0. The van der Waals surface area contributed by atoms with Crippen LogP contribution in [0.25, 0.3) is 0 Å². The van der Waals surface area contributed by atoms with Gasteiger partial charge in [-0.2, -0.15) is 0 Å². The third kappa shape index (κ3) is 5.43. The van der Waals surface area contributed by atoms with Crippen LogP contribution in [0.2, 0.25) is 0 Å². The van der Waals surface area contributed by atoms with E-state index in [0.29, 0.717) is 12.8 Å². The summed E-state index contributed by atoms with van der Waals surface area (Å²) in [4.78, 5) is 54.7. The summed E-state index contributed by atoms with van der Waals surface area (Å²) in [6.45, 7) is 2.08. The molecule has 8 heteroatoms. The second-order valence-electron chi connectivity index (χ2n) is 9.55. The molecule has 0 unspecified atom stereocenters. The van der Waals surface area contributed by atoms with E-state index in [1.165, 1.54) is 4.90 Å². The number of benzene rings is 1. The summed E-state index contributed by atoms with van der Waals surface area (Å²) in [6, 6.07) is 7.14. The van der Waals surface area contributed by atoms with E-state index in [-0.39, 0.29) is 61.0 Å². The number of amides is 4. The molecule has 0 bridgehead atoms. The van der Waals surface area contributed by atoms with Gasteiger partial charge in [-0.05, 0) is 50.3 Å². The SMILES string of the molecule is C[C@H](C(=O)NC1CCCC1)N(Cc1ccc(Br)cc1)C(=O)CCN1C(=O)[C@H]2CC=CC[C@H]2C1=O. The quantitative estimate of drug-likeness (QED) is 0.412. The van der Waals surface area contributed by atoms with Gasteiger partial charge in [-0.3, -0.25) is 24.1 Å². The lowest BCUT2D eigenvalue weighted by atomic mass is 9.85. The number of carbonyl (C=O) groups excluding carboxylic acids is 4. The molecule has 1 saturated heterocycles. The molecule has 7 nitrogen and oxygen atoms in total. The van der Waals surface area contributed by atoms with Crippen LogP contribution in [0, 0.1) is 11.8 Å². The summed E-state index contributed by atoms with van der Waals surface area (Å²) < 4.78 is 0.933. The average Bonchev–Trinajstić information content (AvgIpc) is 3.43. The molecule has 4 amide bonds. The van der Waals surface area contributed by atoms with Gasteiger partial charge in [-0.1, -0.05) is 53.1 Å². The third-order valence-electron chi connectivity index (χ3n) is 7.28. The number of hydrogen-bond acceptors (Lipinski definition) is 4. The summed E-state index contributed by atoms with van der Waals surface area (Å²) in [5, 5.41) is 3.09. The Balaban J connectivity index is 1.44. The van der Waals surface area contributed by atoms with Crippen molar-refractivity contribution in [3.63, 3.8) is 0 Å². The molecule has 34 heavy (non-hydrogen) atoms. The molecule has 2 aliphatic carbocycles. The van der Waals surface area contributed by atoms with Gasteiger partial charge >= 0.3 is 0 Å². The van der Waals surface area contributed by atoms with Gasteiger partial charge in [0.2, 0.25) is 23.6 Å². The van der Waals surface area contributed by atoms with Crippen LogP contribution in [0.3, 0.4) is 0 Å². The van der Waals surface area contributed by atoms with Crippen LogP contribution >= 0.6 is 15.9 Å². The van der Waals surface area contributed by atoms with Gasteiger partial charge in [0.1, 0.15) is 6.04 Å². The van der Waals surface area contributed by atoms with Crippen molar-refractivity contribution in [3.8, 4) is 0 Å². The maximum Gasteiger partial charge on any atom is 0.242 e. The zero-order chi connectivity index (χ0) is 24.2. The number of rotatable bonds is 8. The summed E-state index contributed by atoms with van der Waals surface area (Å²) in [6.07, 6.45) is 9.21. The Morgan fingerprint density at radius 2 is 1.65 bits per heavy atom. The molecule has 1 aromatic rings. The van der Waals surface area contributed by atoms with E-state index in [2.05, 4.69) is 21.2 Å². The fourth-order valence-corrected chi connectivity index (χ4v) is 5.47. The highest BCUT2D eigenvalue weighted by atomic mass is 79.9. The first-order valence-electron chi connectivity index (χ1n) is 12.2. The van der Waals surface area contributed by atoms with Crippen LogP contribution in [0.4, 0.5) is 0 Å². The van der Waals surface area contributed by atoms with E-state index in [1.54, 1.807) is 11.8 Å². The molecule has 0 aromatic heterocycles. The smallest absolute Gasteiger partial charge is 0.242 e. The van der Waals surface area contributed by atoms with Crippen LogP contribution in [0.5, 0.6) is 0 Å². The molecule has 1 heterocycles. The number of fused-ring (bicyclic) bond motifs is 1. The number of allylic oxidation sites excluding steroid dienone is 2.